The molecular formula is C27H24N2O6. The number of hydrogen-bond donors (Lipinski definition) is 4. The Morgan fingerprint density at radius 3 is 2.09 bits per heavy atom. The first kappa shape index (κ1) is 23.7. The van der Waals surface area contributed by atoms with Crippen LogP contribution >= 0.6 is 0 Å². The zero-order valence-electron chi connectivity index (χ0n) is 18.7. The van der Waals surface area contributed by atoms with Crippen LogP contribution in [0.2, 0.25) is 0 Å². The fourth-order valence-corrected chi connectivity index (χ4v) is 4.01. The monoisotopic (exact) mass is 472 g/mol. The number of nitrogens with one attached hydrogen (secondary N) is 2. The topological polar surface area (TPSA) is 125 Å². The second-order valence-electron chi connectivity index (χ2n) is 7.99. The summed E-state index contributed by atoms with van der Waals surface area (Å²) in [5.74, 6) is -2.00. The highest BCUT2D eigenvalue weighted by Crippen LogP contribution is 2.44. The van der Waals surface area contributed by atoms with Crippen LogP contribution in [0.3, 0.4) is 0 Å². The Hall–Kier alpha value is -4.43. The van der Waals surface area contributed by atoms with Crippen molar-refractivity contribution in [2.24, 2.45) is 0 Å². The van der Waals surface area contributed by atoms with E-state index in [0.29, 0.717) is 11.3 Å². The van der Waals surface area contributed by atoms with Crippen molar-refractivity contribution in [1.82, 2.24) is 5.32 Å². The van der Waals surface area contributed by atoms with Crippen molar-refractivity contribution < 1.29 is 29.3 Å². The summed E-state index contributed by atoms with van der Waals surface area (Å²) in [6, 6.07) is 21.5. The molecule has 8 nitrogen and oxygen atoms in total. The molecule has 1 aliphatic rings. The van der Waals surface area contributed by atoms with E-state index < -0.39 is 30.6 Å². The number of aliphatic carboxylic acids is 1. The molecule has 0 heterocycles. The van der Waals surface area contributed by atoms with Crippen LogP contribution in [0.25, 0.3) is 17.2 Å². The molecule has 0 fully saturated rings. The second kappa shape index (κ2) is 10.7. The standard InChI is InChI=1S/C27H24N2O6/c30-15-24(26(32)33)29-25(31)14-11-17-9-12-18(13-10-17)28-27(34)35-16-23-21-7-3-1-5-19(21)20-6-2-4-8-22(20)23/h1-14,23-24,30H,15-16H2,(H,28,34)(H,29,31)(H,32,33)/b14-11+/t24-/m0/s1. The number of amides is 2. The SMILES string of the molecule is O=C(/C=C/c1ccc(NC(=O)OCC2c3ccccc3-c3ccccc32)cc1)N[C@@H](CO)C(=O)O. The van der Waals surface area contributed by atoms with Crippen LogP contribution in [0.4, 0.5) is 10.5 Å². The zero-order chi connectivity index (χ0) is 24.8. The van der Waals surface area contributed by atoms with Gasteiger partial charge in [-0.15, -0.1) is 0 Å². The molecule has 35 heavy (non-hydrogen) atoms. The van der Waals surface area contributed by atoms with Crippen molar-refractivity contribution in [2.75, 3.05) is 18.5 Å². The number of carboxylic acid groups (broad SMARTS) is 1. The highest BCUT2D eigenvalue weighted by atomic mass is 16.5. The number of aliphatic hydroxyl groups excluding tert-OH is 1. The molecule has 4 rings (SSSR count). The molecule has 2 amide bonds. The molecule has 0 saturated carbocycles. The first-order chi connectivity index (χ1) is 17.0. The summed E-state index contributed by atoms with van der Waals surface area (Å²) >= 11 is 0. The molecular weight excluding hydrogens is 448 g/mol. The first-order valence-electron chi connectivity index (χ1n) is 11.0. The van der Waals surface area contributed by atoms with E-state index >= 15 is 0 Å². The van der Waals surface area contributed by atoms with Gasteiger partial charge in [-0.05, 0) is 46.0 Å². The summed E-state index contributed by atoms with van der Waals surface area (Å²) in [6.07, 6.45) is 2.08. The third-order valence-corrected chi connectivity index (χ3v) is 5.73. The van der Waals surface area contributed by atoms with E-state index in [2.05, 4.69) is 34.9 Å². The molecule has 8 heteroatoms. The number of rotatable bonds is 8. The van der Waals surface area contributed by atoms with Gasteiger partial charge >= 0.3 is 12.1 Å². The zero-order valence-corrected chi connectivity index (χ0v) is 18.7. The van der Waals surface area contributed by atoms with Crippen LogP contribution in [0.15, 0.2) is 78.9 Å². The van der Waals surface area contributed by atoms with E-state index in [1.807, 2.05) is 24.3 Å². The van der Waals surface area contributed by atoms with Gasteiger partial charge in [0.25, 0.3) is 0 Å². The number of anilines is 1. The average Bonchev–Trinajstić information content (AvgIpc) is 3.19. The molecule has 0 saturated heterocycles. The van der Waals surface area contributed by atoms with Gasteiger partial charge < -0.3 is 20.3 Å². The number of fused-ring (bicyclic) bond motifs is 3. The Labute approximate surface area is 201 Å². The van der Waals surface area contributed by atoms with E-state index in [0.717, 1.165) is 22.3 Å². The minimum atomic E-state index is -1.36. The van der Waals surface area contributed by atoms with E-state index in [1.165, 1.54) is 12.2 Å². The smallest absolute Gasteiger partial charge is 0.411 e. The van der Waals surface area contributed by atoms with Crippen molar-refractivity contribution in [3.8, 4) is 11.1 Å². The Kier molecular flexibility index (Phi) is 7.23. The first-order valence-corrected chi connectivity index (χ1v) is 11.0. The van der Waals surface area contributed by atoms with E-state index in [-0.39, 0.29) is 12.5 Å². The molecule has 178 valence electrons. The van der Waals surface area contributed by atoms with Crippen molar-refractivity contribution in [3.63, 3.8) is 0 Å². The highest BCUT2D eigenvalue weighted by Gasteiger charge is 2.29. The summed E-state index contributed by atoms with van der Waals surface area (Å²) in [6.45, 7) is -0.494. The van der Waals surface area contributed by atoms with Crippen molar-refractivity contribution in [1.29, 1.82) is 0 Å². The summed E-state index contributed by atoms with van der Waals surface area (Å²) in [4.78, 5) is 35.1. The van der Waals surface area contributed by atoms with Gasteiger partial charge in [-0.3, -0.25) is 10.1 Å². The summed E-state index contributed by atoms with van der Waals surface area (Å²) in [5, 5.41) is 22.7. The fraction of sp³-hybridized carbons (Fsp3) is 0.148. The minimum absolute atomic E-state index is 0.0293. The third-order valence-electron chi connectivity index (χ3n) is 5.73. The normalized spacial score (nSPS) is 13.1. The number of carbonyl (C=O) groups is 3. The van der Waals surface area contributed by atoms with Crippen molar-refractivity contribution >= 4 is 29.7 Å². The number of benzene rings is 3. The quantitative estimate of drug-likeness (QED) is 0.371. The minimum Gasteiger partial charge on any atom is -0.480 e. The number of aliphatic hydroxyl groups is 1. The predicted octanol–water partition coefficient (Wildman–Crippen LogP) is 3.62. The predicted molar refractivity (Wildman–Crippen MR) is 131 cm³/mol. The molecule has 1 aliphatic carbocycles. The fourth-order valence-electron chi connectivity index (χ4n) is 4.01. The molecule has 0 aromatic heterocycles. The molecule has 0 unspecified atom stereocenters. The lowest BCUT2D eigenvalue weighted by Crippen LogP contribution is -2.42. The van der Waals surface area contributed by atoms with E-state index in [4.69, 9.17) is 14.9 Å². The van der Waals surface area contributed by atoms with Crippen LogP contribution < -0.4 is 10.6 Å². The van der Waals surface area contributed by atoms with Gasteiger partial charge in [0, 0.05) is 17.7 Å². The maximum absolute atomic E-state index is 12.4. The summed E-state index contributed by atoms with van der Waals surface area (Å²) in [7, 11) is 0. The molecule has 3 aromatic carbocycles. The van der Waals surface area contributed by atoms with Gasteiger partial charge in [-0.25, -0.2) is 9.59 Å². The van der Waals surface area contributed by atoms with Crippen LogP contribution in [0.1, 0.15) is 22.6 Å². The van der Waals surface area contributed by atoms with Crippen LogP contribution in [0, 0.1) is 0 Å². The van der Waals surface area contributed by atoms with Gasteiger partial charge in [-0.2, -0.15) is 0 Å². The summed E-state index contributed by atoms with van der Waals surface area (Å²) in [5.41, 5.74) is 5.77. The second-order valence-corrected chi connectivity index (χ2v) is 7.99. The summed E-state index contributed by atoms with van der Waals surface area (Å²) < 4.78 is 5.53. The lowest BCUT2D eigenvalue weighted by Gasteiger charge is -2.14. The molecule has 1 atom stereocenters. The molecule has 0 aliphatic heterocycles. The van der Waals surface area contributed by atoms with Gasteiger partial charge in [0.15, 0.2) is 6.04 Å². The number of ether oxygens (including phenoxy) is 1. The molecule has 0 radical (unpaired) electrons. The highest BCUT2D eigenvalue weighted by molar-refractivity contribution is 5.94. The maximum Gasteiger partial charge on any atom is 0.411 e. The Balaban J connectivity index is 1.32. The Bertz CT molecular complexity index is 1220. The lowest BCUT2D eigenvalue weighted by atomic mass is 9.98. The largest absolute Gasteiger partial charge is 0.480 e. The van der Waals surface area contributed by atoms with Gasteiger partial charge in [-0.1, -0.05) is 60.7 Å². The lowest BCUT2D eigenvalue weighted by molar-refractivity contribution is -0.142. The molecule has 3 aromatic rings. The Morgan fingerprint density at radius 1 is 0.914 bits per heavy atom. The van der Waals surface area contributed by atoms with Crippen LogP contribution in [-0.4, -0.2) is 47.4 Å². The van der Waals surface area contributed by atoms with E-state index in [1.54, 1.807) is 24.3 Å². The Morgan fingerprint density at radius 2 is 1.51 bits per heavy atom. The van der Waals surface area contributed by atoms with E-state index in [9.17, 15) is 14.4 Å². The third kappa shape index (κ3) is 5.56. The van der Waals surface area contributed by atoms with Gasteiger partial charge in [0.2, 0.25) is 5.91 Å². The number of carboxylic acids is 1. The van der Waals surface area contributed by atoms with Gasteiger partial charge in [0.1, 0.15) is 6.61 Å². The number of carbonyl (C=O) groups excluding carboxylic acids is 2. The molecule has 0 bridgehead atoms. The van der Waals surface area contributed by atoms with Gasteiger partial charge in [0.05, 0.1) is 6.61 Å². The van der Waals surface area contributed by atoms with Crippen molar-refractivity contribution in [2.45, 2.75) is 12.0 Å². The van der Waals surface area contributed by atoms with Crippen molar-refractivity contribution in [3.05, 3.63) is 95.6 Å². The average molecular weight is 472 g/mol. The maximum atomic E-state index is 12.4. The molecule has 4 N–H and O–H groups in total. The van der Waals surface area contributed by atoms with Crippen LogP contribution in [0.5, 0.6) is 0 Å². The van der Waals surface area contributed by atoms with Crippen LogP contribution in [-0.2, 0) is 14.3 Å². The number of hydrogen-bond acceptors (Lipinski definition) is 5. The molecule has 0 spiro atoms.